The van der Waals surface area contributed by atoms with E-state index in [9.17, 15) is 9.90 Å². The number of phenols is 1. The summed E-state index contributed by atoms with van der Waals surface area (Å²) in [6.07, 6.45) is 3.36. The minimum absolute atomic E-state index is 0.0850. The van der Waals surface area contributed by atoms with Gasteiger partial charge in [-0.25, -0.2) is 4.79 Å². The number of rotatable bonds is 1. The lowest BCUT2D eigenvalue weighted by atomic mass is 10.1. The van der Waals surface area contributed by atoms with E-state index in [0.29, 0.717) is 0 Å². The normalized spacial score (nSPS) is 21.5. The number of imidazole rings is 1. The van der Waals surface area contributed by atoms with Crippen LogP contribution in [0.5, 0.6) is 5.75 Å². The molecule has 0 aliphatic carbocycles. The summed E-state index contributed by atoms with van der Waals surface area (Å²) in [5, 5.41) is 9.59. The molecule has 1 aliphatic rings. The number of H-pyrrole nitrogens is 1. The third-order valence-corrected chi connectivity index (χ3v) is 3.73. The highest BCUT2D eigenvalue weighted by Crippen LogP contribution is 2.27. The van der Waals surface area contributed by atoms with Gasteiger partial charge in [0, 0.05) is 6.07 Å². The molecule has 96 valence electrons. The summed E-state index contributed by atoms with van der Waals surface area (Å²) >= 11 is 0. The van der Waals surface area contributed by atoms with Crippen LogP contribution in [0.4, 0.5) is 0 Å². The van der Waals surface area contributed by atoms with Crippen LogP contribution in [0, 0.1) is 0 Å². The first-order chi connectivity index (χ1) is 8.66. The lowest BCUT2D eigenvalue weighted by molar-refractivity contribution is 0.128. The molecule has 1 fully saturated rings. The summed E-state index contributed by atoms with van der Waals surface area (Å²) in [4.78, 5) is 17.1. The molecule has 2 aromatic rings. The number of nitrogens with zero attached hydrogens (tertiary/aromatic N) is 2. The van der Waals surface area contributed by atoms with Crippen LogP contribution < -0.4 is 5.69 Å². The number of phenolic OH excluding ortho intramolecular Hbond substituents is 1. The van der Waals surface area contributed by atoms with Crippen LogP contribution in [0.2, 0.25) is 0 Å². The Morgan fingerprint density at radius 3 is 3.00 bits per heavy atom. The Morgan fingerprint density at radius 1 is 1.39 bits per heavy atom. The van der Waals surface area contributed by atoms with E-state index < -0.39 is 0 Å². The minimum Gasteiger partial charge on any atom is -0.508 e. The molecule has 0 radical (unpaired) electrons. The van der Waals surface area contributed by atoms with E-state index in [1.807, 2.05) is 7.05 Å². The summed E-state index contributed by atoms with van der Waals surface area (Å²) in [5.41, 5.74) is 1.45. The van der Waals surface area contributed by atoms with Crippen LogP contribution >= 0.6 is 0 Å². The molecule has 1 saturated heterocycles. The van der Waals surface area contributed by atoms with Gasteiger partial charge in [-0.15, -0.1) is 0 Å². The van der Waals surface area contributed by atoms with Gasteiger partial charge in [-0.3, -0.25) is 9.47 Å². The van der Waals surface area contributed by atoms with Crippen molar-refractivity contribution in [3.63, 3.8) is 0 Å². The number of aromatic nitrogens is 2. The Morgan fingerprint density at radius 2 is 2.22 bits per heavy atom. The summed E-state index contributed by atoms with van der Waals surface area (Å²) in [7, 11) is 2.04. The van der Waals surface area contributed by atoms with Crippen molar-refractivity contribution in [2.45, 2.75) is 25.4 Å². The van der Waals surface area contributed by atoms with Gasteiger partial charge in [-0.1, -0.05) is 0 Å². The fraction of sp³-hybridized carbons (Fsp3) is 0.462. The van der Waals surface area contributed by atoms with Gasteiger partial charge in [0.2, 0.25) is 0 Å². The quantitative estimate of drug-likeness (QED) is 0.805. The Bertz CT molecular complexity index is 629. The number of nitrogens with one attached hydrogen (secondary N) is 1. The molecule has 1 aromatic carbocycles. The molecule has 18 heavy (non-hydrogen) atoms. The molecule has 1 atom stereocenters. The SMILES string of the molecule is CN1CCCCC1n1c(=O)[nH]c2ccc(O)cc21. The first kappa shape index (κ1) is 11.3. The second-order valence-corrected chi connectivity index (χ2v) is 4.96. The number of benzene rings is 1. The van der Waals surface area contributed by atoms with Crippen molar-refractivity contribution in [3.8, 4) is 5.75 Å². The Hall–Kier alpha value is -1.75. The topological polar surface area (TPSA) is 61.3 Å². The van der Waals surface area contributed by atoms with E-state index in [4.69, 9.17) is 0 Å². The van der Waals surface area contributed by atoms with Crippen molar-refractivity contribution in [2.24, 2.45) is 0 Å². The van der Waals surface area contributed by atoms with Gasteiger partial charge in [-0.05, 0) is 45.0 Å². The third-order valence-electron chi connectivity index (χ3n) is 3.73. The molecule has 2 N–H and O–H groups in total. The minimum atomic E-state index is -0.102. The van der Waals surface area contributed by atoms with Crippen LogP contribution in [0.25, 0.3) is 11.0 Å². The van der Waals surface area contributed by atoms with Crippen LogP contribution in [0.15, 0.2) is 23.0 Å². The molecule has 2 heterocycles. The van der Waals surface area contributed by atoms with Crippen molar-refractivity contribution >= 4 is 11.0 Å². The van der Waals surface area contributed by atoms with E-state index >= 15 is 0 Å². The van der Waals surface area contributed by atoms with E-state index in [0.717, 1.165) is 30.4 Å². The van der Waals surface area contributed by atoms with Crippen molar-refractivity contribution in [1.82, 2.24) is 14.5 Å². The standard InChI is InChI=1S/C13H17N3O2/c1-15-7-3-2-4-12(15)16-11-8-9(17)5-6-10(11)14-13(16)18/h5-6,8,12,17H,2-4,7H2,1H3,(H,14,18). The summed E-state index contributed by atoms with van der Waals surface area (Å²) < 4.78 is 1.76. The van der Waals surface area contributed by atoms with Crippen molar-refractivity contribution < 1.29 is 5.11 Å². The molecule has 0 amide bonds. The maximum atomic E-state index is 12.1. The second kappa shape index (κ2) is 4.17. The zero-order valence-corrected chi connectivity index (χ0v) is 10.4. The van der Waals surface area contributed by atoms with Crippen LogP contribution in [0.1, 0.15) is 25.4 Å². The van der Waals surface area contributed by atoms with Gasteiger partial charge in [0.15, 0.2) is 0 Å². The lowest BCUT2D eigenvalue weighted by Crippen LogP contribution is -2.37. The Balaban J connectivity index is 2.18. The fourth-order valence-corrected chi connectivity index (χ4v) is 2.79. The van der Waals surface area contributed by atoms with Gasteiger partial charge >= 0.3 is 5.69 Å². The molecule has 3 rings (SSSR count). The first-order valence-electron chi connectivity index (χ1n) is 6.30. The van der Waals surface area contributed by atoms with E-state index in [1.165, 1.54) is 6.42 Å². The molecule has 1 aliphatic heterocycles. The number of hydrogen-bond donors (Lipinski definition) is 2. The average Bonchev–Trinajstić information content (AvgIpc) is 2.66. The average molecular weight is 247 g/mol. The number of hydrogen-bond acceptors (Lipinski definition) is 3. The maximum absolute atomic E-state index is 12.1. The monoisotopic (exact) mass is 247 g/mol. The lowest BCUT2D eigenvalue weighted by Gasteiger charge is -2.33. The molecule has 1 aromatic heterocycles. The van der Waals surface area contributed by atoms with Gasteiger partial charge in [0.25, 0.3) is 0 Å². The Labute approximate surface area is 105 Å². The van der Waals surface area contributed by atoms with Crippen molar-refractivity contribution in [3.05, 3.63) is 28.7 Å². The van der Waals surface area contributed by atoms with Gasteiger partial charge in [-0.2, -0.15) is 0 Å². The predicted octanol–water partition coefficient (Wildman–Crippen LogP) is 1.65. The first-order valence-corrected chi connectivity index (χ1v) is 6.30. The summed E-state index contributed by atoms with van der Waals surface area (Å²) in [5.74, 6) is 0.189. The van der Waals surface area contributed by atoms with Crippen LogP contribution in [-0.4, -0.2) is 33.1 Å². The third kappa shape index (κ3) is 1.71. The highest BCUT2D eigenvalue weighted by molar-refractivity contribution is 5.77. The van der Waals surface area contributed by atoms with E-state index in [-0.39, 0.29) is 17.6 Å². The van der Waals surface area contributed by atoms with E-state index in [1.54, 1.807) is 22.8 Å². The fourth-order valence-electron chi connectivity index (χ4n) is 2.79. The molecule has 1 unspecified atom stereocenters. The van der Waals surface area contributed by atoms with Crippen LogP contribution in [-0.2, 0) is 0 Å². The summed E-state index contributed by atoms with van der Waals surface area (Å²) in [6, 6.07) is 4.98. The Kier molecular flexibility index (Phi) is 2.63. The highest BCUT2D eigenvalue weighted by Gasteiger charge is 2.24. The number of aromatic hydroxyl groups is 1. The molecular formula is C13H17N3O2. The zero-order valence-electron chi connectivity index (χ0n) is 10.4. The van der Waals surface area contributed by atoms with Gasteiger partial charge < -0.3 is 10.1 Å². The number of likely N-dealkylation sites (tertiary alicyclic amines) is 1. The molecule has 0 saturated carbocycles. The van der Waals surface area contributed by atoms with E-state index in [2.05, 4.69) is 9.88 Å². The smallest absolute Gasteiger partial charge is 0.327 e. The molecule has 0 bridgehead atoms. The zero-order chi connectivity index (χ0) is 12.7. The van der Waals surface area contributed by atoms with Gasteiger partial charge in [0.1, 0.15) is 5.75 Å². The van der Waals surface area contributed by atoms with Crippen molar-refractivity contribution in [1.29, 1.82) is 0 Å². The molecule has 0 spiro atoms. The van der Waals surface area contributed by atoms with Crippen LogP contribution in [0.3, 0.4) is 0 Å². The molecule has 5 nitrogen and oxygen atoms in total. The highest BCUT2D eigenvalue weighted by atomic mass is 16.3. The van der Waals surface area contributed by atoms with Gasteiger partial charge in [0.05, 0.1) is 17.2 Å². The second-order valence-electron chi connectivity index (χ2n) is 4.96. The number of aromatic amines is 1. The predicted molar refractivity (Wildman–Crippen MR) is 69.7 cm³/mol. The van der Waals surface area contributed by atoms with Crippen molar-refractivity contribution in [2.75, 3.05) is 13.6 Å². The summed E-state index contributed by atoms with van der Waals surface area (Å²) in [6.45, 7) is 1.00. The largest absolute Gasteiger partial charge is 0.508 e. The number of fused-ring (bicyclic) bond motifs is 1. The molecule has 5 heteroatoms. The number of piperidine rings is 1. The molecular weight excluding hydrogens is 230 g/mol. The maximum Gasteiger partial charge on any atom is 0.327 e.